The van der Waals surface area contributed by atoms with Gasteiger partial charge in [-0.05, 0) is 6.07 Å². The number of para-hydroxylation sites is 2. The molecule has 1 aromatic rings. The molecule has 82 valence electrons. The number of carbonyl (C=O) groups excluding carboxylic acids is 1. The van der Waals surface area contributed by atoms with Crippen molar-refractivity contribution in [2.24, 2.45) is 0 Å². The maximum Gasteiger partial charge on any atom is 0.413 e. The second-order valence-electron chi connectivity index (χ2n) is 2.67. The molecule has 0 heterocycles. The molecule has 1 aromatic carbocycles. The zero-order valence-electron chi connectivity index (χ0n) is 8.17. The maximum atomic E-state index is 11.1. The first-order chi connectivity index (χ1) is 7.65. The van der Waals surface area contributed by atoms with Gasteiger partial charge in [0.15, 0.2) is 0 Å². The van der Waals surface area contributed by atoms with Gasteiger partial charge in [-0.25, -0.2) is 4.79 Å². The fraction of sp³-hybridized carbons (Fsp3) is 0.100. The fourth-order valence-corrected chi connectivity index (χ4v) is 0.953. The third kappa shape index (κ3) is 2.99. The highest BCUT2D eigenvalue weighted by molar-refractivity contribution is 5.72. The van der Waals surface area contributed by atoms with Gasteiger partial charge >= 0.3 is 11.8 Å². The maximum absolute atomic E-state index is 11.1. The Hall–Kier alpha value is -2.55. The minimum atomic E-state index is -0.827. The van der Waals surface area contributed by atoms with Gasteiger partial charge in [0.2, 0.25) is 5.75 Å². The van der Waals surface area contributed by atoms with Crippen molar-refractivity contribution < 1.29 is 14.5 Å². The number of hydrogen-bond donors (Lipinski definition) is 1. The molecule has 0 atom stereocenters. The second kappa shape index (κ2) is 5.36. The van der Waals surface area contributed by atoms with E-state index in [0.29, 0.717) is 0 Å². The highest BCUT2D eigenvalue weighted by Crippen LogP contribution is 2.25. The number of rotatable bonds is 3. The van der Waals surface area contributed by atoms with Gasteiger partial charge < -0.3 is 10.1 Å². The molecule has 1 N–H and O–H groups in total. The molecule has 0 saturated carbocycles. The Labute approximate surface area is 91.4 Å². The first kappa shape index (κ1) is 11.5. The van der Waals surface area contributed by atoms with E-state index in [4.69, 9.17) is 11.2 Å². The normalized spacial score (nSPS) is 8.94. The third-order valence-corrected chi connectivity index (χ3v) is 1.60. The smallest absolute Gasteiger partial charge is 0.403 e. The van der Waals surface area contributed by atoms with E-state index in [0.717, 1.165) is 0 Å². The summed E-state index contributed by atoms with van der Waals surface area (Å²) in [4.78, 5) is 21.0. The number of ether oxygens (including phenoxy) is 1. The summed E-state index contributed by atoms with van der Waals surface area (Å²) in [7, 11) is 0. The topological polar surface area (TPSA) is 81.5 Å². The van der Waals surface area contributed by atoms with Crippen molar-refractivity contribution in [1.82, 2.24) is 5.32 Å². The molecule has 0 saturated heterocycles. The van der Waals surface area contributed by atoms with Gasteiger partial charge in [-0.2, -0.15) is 0 Å². The number of carbonyl (C=O) groups is 1. The molecule has 16 heavy (non-hydrogen) atoms. The van der Waals surface area contributed by atoms with Crippen molar-refractivity contribution in [2.75, 3.05) is 6.54 Å². The first-order valence-corrected chi connectivity index (χ1v) is 4.27. The van der Waals surface area contributed by atoms with E-state index in [1.165, 1.54) is 24.3 Å². The van der Waals surface area contributed by atoms with E-state index in [-0.39, 0.29) is 18.0 Å². The van der Waals surface area contributed by atoms with Gasteiger partial charge in [0.25, 0.3) is 0 Å². The summed E-state index contributed by atoms with van der Waals surface area (Å²) in [5, 5.41) is 12.8. The lowest BCUT2D eigenvalue weighted by atomic mass is 10.3. The lowest BCUT2D eigenvalue weighted by Crippen LogP contribution is -2.27. The van der Waals surface area contributed by atoms with Crippen molar-refractivity contribution in [3.8, 4) is 18.1 Å². The third-order valence-electron chi connectivity index (χ3n) is 1.60. The molecule has 0 fully saturated rings. The van der Waals surface area contributed by atoms with E-state index in [1.54, 1.807) is 0 Å². The molecule has 6 heteroatoms. The van der Waals surface area contributed by atoms with Crippen LogP contribution < -0.4 is 10.1 Å². The Morgan fingerprint density at radius 3 is 2.88 bits per heavy atom. The molecular weight excluding hydrogens is 212 g/mol. The highest BCUT2D eigenvalue weighted by atomic mass is 16.6. The van der Waals surface area contributed by atoms with Crippen LogP contribution in [-0.2, 0) is 0 Å². The van der Waals surface area contributed by atoms with Gasteiger partial charge in [-0.1, -0.05) is 18.1 Å². The Kier molecular flexibility index (Phi) is 3.86. The number of nitro groups is 1. The van der Waals surface area contributed by atoms with Crippen LogP contribution in [0.1, 0.15) is 0 Å². The number of nitro benzene ring substituents is 1. The van der Waals surface area contributed by atoms with Gasteiger partial charge in [0.1, 0.15) is 0 Å². The van der Waals surface area contributed by atoms with Crippen LogP contribution in [0.5, 0.6) is 5.75 Å². The number of benzene rings is 1. The molecular formula is C10H8N2O4. The Balaban J connectivity index is 2.77. The first-order valence-electron chi connectivity index (χ1n) is 4.27. The summed E-state index contributed by atoms with van der Waals surface area (Å²) in [6.07, 6.45) is 4.09. The standard InChI is InChI=1S/C10H8N2O4/c1-2-7-11-10(13)16-9-6-4-3-5-8(9)12(14)15/h1,3-6H,7H2,(H,11,13). The number of amides is 1. The molecule has 1 amide bonds. The zero-order chi connectivity index (χ0) is 12.0. The van der Waals surface area contributed by atoms with Crippen LogP contribution in [0.4, 0.5) is 10.5 Å². The van der Waals surface area contributed by atoms with Crippen molar-refractivity contribution in [2.45, 2.75) is 0 Å². The molecule has 0 aliphatic rings. The average Bonchev–Trinajstić information content (AvgIpc) is 2.27. The summed E-state index contributed by atoms with van der Waals surface area (Å²) >= 11 is 0. The van der Waals surface area contributed by atoms with Crippen LogP contribution in [0.15, 0.2) is 24.3 Å². The SMILES string of the molecule is C#CCNC(=O)Oc1ccccc1[N+](=O)[O-]. The largest absolute Gasteiger partial charge is 0.413 e. The molecule has 0 unspecified atom stereocenters. The number of hydrogen-bond acceptors (Lipinski definition) is 4. The molecule has 0 aliphatic carbocycles. The second-order valence-corrected chi connectivity index (χ2v) is 2.67. The van der Waals surface area contributed by atoms with E-state index < -0.39 is 11.0 Å². The quantitative estimate of drug-likeness (QED) is 0.473. The molecule has 0 bridgehead atoms. The minimum absolute atomic E-state index is 0.000531. The summed E-state index contributed by atoms with van der Waals surface area (Å²) in [5.41, 5.74) is -0.279. The van der Waals surface area contributed by atoms with E-state index in [9.17, 15) is 14.9 Å². The number of nitrogens with one attached hydrogen (secondary N) is 1. The van der Waals surface area contributed by atoms with Gasteiger partial charge in [0.05, 0.1) is 11.5 Å². The van der Waals surface area contributed by atoms with Crippen LogP contribution in [0.2, 0.25) is 0 Å². The highest BCUT2D eigenvalue weighted by Gasteiger charge is 2.16. The molecule has 0 radical (unpaired) electrons. The molecule has 6 nitrogen and oxygen atoms in total. The Bertz CT molecular complexity index is 450. The Morgan fingerprint density at radius 2 is 2.25 bits per heavy atom. The van der Waals surface area contributed by atoms with E-state index in [2.05, 4.69) is 11.2 Å². The summed E-state index contributed by atoms with van der Waals surface area (Å²) in [6, 6.07) is 5.57. The van der Waals surface area contributed by atoms with Crippen molar-refractivity contribution >= 4 is 11.8 Å². The van der Waals surface area contributed by atoms with E-state index >= 15 is 0 Å². The van der Waals surface area contributed by atoms with Crippen molar-refractivity contribution in [3.05, 3.63) is 34.4 Å². The number of terminal acetylenes is 1. The monoisotopic (exact) mass is 220 g/mol. The van der Waals surface area contributed by atoms with Crippen LogP contribution in [-0.4, -0.2) is 17.6 Å². The summed E-state index contributed by atoms with van der Waals surface area (Å²) in [6.45, 7) is -0.000531. The molecule has 0 aliphatic heterocycles. The van der Waals surface area contributed by atoms with Crippen LogP contribution in [0.25, 0.3) is 0 Å². The zero-order valence-corrected chi connectivity index (χ0v) is 8.17. The van der Waals surface area contributed by atoms with Gasteiger partial charge in [0, 0.05) is 6.07 Å². The molecule has 0 aromatic heterocycles. The van der Waals surface area contributed by atoms with Crippen LogP contribution in [0, 0.1) is 22.5 Å². The average molecular weight is 220 g/mol. The molecule has 1 rings (SSSR count). The van der Waals surface area contributed by atoms with Crippen LogP contribution >= 0.6 is 0 Å². The molecule has 0 spiro atoms. The predicted molar refractivity (Wildman–Crippen MR) is 56.0 cm³/mol. The minimum Gasteiger partial charge on any atom is -0.403 e. The fourth-order valence-electron chi connectivity index (χ4n) is 0.953. The Morgan fingerprint density at radius 1 is 1.56 bits per heavy atom. The lowest BCUT2D eigenvalue weighted by Gasteiger charge is -2.04. The lowest BCUT2D eigenvalue weighted by molar-refractivity contribution is -0.385. The van der Waals surface area contributed by atoms with Gasteiger partial charge in [-0.3, -0.25) is 10.1 Å². The van der Waals surface area contributed by atoms with Crippen molar-refractivity contribution in [3.63, 3.8) is 0 Å². The van der Waals surface area contributed by atoms with Crippen molar-refractivity contribution in [1.29, 1.82) is 0 Å². The van der Waals surface area contributed by atoms with Crippen LogP contribution in [0.3, 0.4) is 0 Å². The number of nitrogens with zero attached hydrogens (tertiary/aromatic N) is 1. The summed E-state index contributed by atoms with van der Waals surface area (Å²) in [5.74, 6) is 2.05. The predicted octanol–water partition coefficient (Wildman–Crippen LogP) is 1.32. The van der Waals surface area contributed by atoms with Gasteiger partial charge in [-0.15, -0.1) is 6.42 Å². The summed E-state index contributed by atoms with van der Waals surface area (Å²) < 4.78 is 4.72. The van der Waals surface area contributed by atoms with E-state index in [1.807, 2.05) is 0 Å².